The van der Waals surface area contributed by atoms with Crippen molar-refractivity contribution >= 4 is 0 Å². The molecule has 1 aromatic heterocycles. The molecule has 1 aliphatic heterocycles. The fraction of sp³-hybridized carbons (Fsp3) is 0.800. The van der Waals surface area contributed by atoms with Gasteiger partial charge in [0.25, 0.3) is 0 Å². The summed E-state index contributed by atoms with van der Waals surface area (Å²) in [5.74, 6) is 1.03. The van der Waals surface area contributed by atoms with Gasteiger partial charge in [0, 0.05) is 24.7 Å². The third kappa shape index (κ3) is 2.18. The Morgan fingerprint density at radius 2 is 2.20 bits per heavy atom. The standard InChI is InChI=1S/C10H19N5/c1-8(2)15-9(12-7-13-15)4-14-5-10(3,11)6-14/h7-8H,4-6,11H2,1-3H3. The van der Waals surface area contributed by atoms with Gasteiger partial charge in [0.15, 0.2) is 0 Å². The van der Waals surface area contributed by atoms with E-state index < -0.39 is 0 Å². The van der Waals surface area contributed by atoms with Crippen LogP contribution in [-0.2, 0) is 6.54 Å². The second-order valence-electron chi connectivity index (χ2n) is 5.01. The molecule has 0 atom stereocenters. The van der Waals surface area contributed by atoms with E-state index in [1.165, 1.54) is 0 Å². The van der Waals surface area contributed by atoms with Gasteiger partial charge in [-0.05, 0) is 20.8 Å². The average molecular weight is 209 g/mol. The van der Waals surface area contributed by atoms with E-state index in [1.54, 1.807) is 6.33 Å². The molecule has 0 bridgehead atoms. The van der Waals surface area contributed by atoms with E-state index in [9.17, 15) is 0 Å². The minimum absolute atomic E-state index is 0.0112. The second-order valence-corrected chi connectivity index (χ2v) is 5.01. The molecule has 1 aromatic rings. The SMILES string of the molecule is CC(C)n1ncnc1CN1CC(C)(N)C1. The minimum atomic E-state index is -0.0112. The van der Waals surface area contributed by atoms with Crippen molar-refractivity contribution in [3.05, 3.63) is 12.2 Å². The number of hydrogen-bond donors (Lipinski definition) is 1. The van der Waals surface area contributed by atoms with Gasteiger partial charge in [-0.15, -0.1) is 0 Å². The summed E-state index contributed by atoms with van der Waals surface area (Å²) in [5, 5.41) is 4.21. The molecular formula is C10H19N5. The Morgan fingerprint density at radius 3 is 2.73 bits per heavy atom. The molecule has 1 fully saturated rings. The molecule has 2 heterocycles. The molecule has 15 heavy (non-hydrogen) atoms. The monoisotopic (exact) mass is 209 g/mol. The molecule has 2 rings (SSSR count). The Kier molecular flexibility index (Phi) is 2.52. The van der Waals surface area contributed by atoms with Gasteiger partial charge in [-0.2, -0.15) is 5.10 Å². The molecular weight excluding hydrogens is 190 g/mol. The summed E-state index contributed by atoms with van der Waals surface area (Å²) in [7, 11) is 0. The molecule has 0 aliphatic carbocycles. The van der Waals surface area contributed by atoms with E-state index in [0.29, 0.717) is 6.04 Å². The van der Waals surface area contributed by atoms with Gasteiger partial charge in [-0.3, -0.25) is 4.90 Å². The predicted molar refractivity (Wildman–Crippen MR) is 58.3 cm³/mol. The van der Waals surface area contributed by atoms with Crippen LogP contribution in [0, 0.1) is 0 Å². The lowest BCUT2D eigenvalue weighted by molar-refractivity contribution is 0.0718. The van der Waals surface area contributed by atoms with Crippen molar-refractivity contribution in [3.8, 4) is 0 Å². The highest BCUT2D eigenvalue weighted by atomic mass is 15.4. The van der Waals surface area contributed by atoms with Gasteiger partial charge >= 0.3 is 0 Å². The van der Waals surface area contributed by atoms with Gasteiger partial charge in [-0.25, -0.2) is 9.67 Å². The first kappa shape index (κ1) is 10.6. The fourth-order valence-corrected chi connectivity index (χ4v) is 2.11. The summed E-state index contributed by atoms with van der Waals surface area (Å²) in [5.41, 5.74) is 5.94. The van der Waals surface area contributed by atoms with Crippen LogP contribution in [0.2, 0.25) is 0 Å². The number of likely N-dealkylation sites (tertiary alicyclic amines) is 1. The molecule has 1 aliphatic rings. The maximum Gasteiger partial charge on any atom is 0.141 e. The molecule has 84 valence electrons. The van der Waals surface area contributed by atoms with Crippen LogP contribution in [0.4, 0.5) is 0 Å². The number of rotatable bonds is 3. The first-order valence-corrected chi connectivity index (χ1v) is 5.37. The zero-order valence-electron chi connectivity index (χ0n) is 9.64. The van der Waals surface area contributed by atoms with Crippen molar-refractivity contribution in [2.24, 2.45) is 5.73 Å². The molecule has 0 spiro atoms. The Balaban J connectivity index is 1.97. The lowest BCUT2D eigenvalue weighted by atomic mass is 9.94. The summed E-state index contributed by atoms with van der Waals surface area (Å²) in [4.78, 5) is 6.57. The maximum atomic E-state index is 5.95. The lowest BCUT2D eigenvalue weighted by Crippen LogP contribution is -2.64. The first-order valence-electron chi connectivity index (χ1n) is 5.37. The Bertz CT molecular complexity index is 333. The van der Waals surface area contributed by atoms with Crippen LogP contribution in [0.5, 0.6) is 0 Å². The molecule has 5 nitrogen and oxygen atoms in total. The van der Waals surface area contributed by atoms with Gasteiger partial charge in [0.1, 0.15) is 12.2 Å². The van der Waals surface area contributed by atoms with Crippen LogP contribution in [0.1, 0.15) is 32.6 Å². The van der Waals surface area contributed by atoms with E-state index in [2.05, 4.69) is 35.8 Å². The minimum Gasteiger partial charge on any atom is -0.323 e. The van der Waals surface area contributed by atoms with Crippen molar-refractivity contribution in [1.82, 2.24) is 19.7 Å². The highest BCUT2D eigenvalue weighted by molar-refractivity contribution is 4.99. The molecule has 0 saturated carbocycles. The van der Waals surface area contributed by atoms with E-state index in [-0.39, 0.29) is 5.54 Å². The topological polar surface area (TPSA) is 60.0 Å². The molecule has 0 radical (unpaired) electrons. The summed E-state index contributed by atoms with van der Waals surface area (Å²) < 4.78 is 1.96. The fourth-order valence-electron chi connectivity index (χ4n) is 2.11. The summed E-state index contributed by atoms with van der Waals surface area (Å²) in [6.45, 7) is 9.04. The molecule has 5 heteroatoms. The zero-order chi connectivity index (χ0) is 11.1. The van der Waals surface area contributed by atoms with Crippen molar-refractivity contribution in [1.29, 1.82) is 0 Å². The quantitative estimate of drug-likeness (QED) is 0.782. The van der Waals surface area contributed by atoms with Crippen LogP contribution >= 0.6 is 0 Å². The van der Waals surface area contributed by atoms with Crippen LogP contribution in [0.15, 0.2) is 6.33 Å². The van der Waals surface area contributed by atoms with Crippen molar-refractivity contribution in [3.63, 3.8) is 0 Å². The van der Waals surface area contributed by atoms with Gasteiger partial charge in [-0.1, -0.05) is 0 Å². The zero-order valence-corrected chi connectivity index (χ0v) is 9.64. The Labute approximate surface area is 90.3 Å². The van der Waals surface area contributed by atoms with E-state index in [0.717, 1.165) is 25.5 Å². The number of hydrogen-bond acceptors (Lipinski definition) is 4. The first-order chi connectivity index (χ1) is 6.98. The number of nitrogens with zero attached hydrogens (tertiary/aromatic N) is 4. The highest BCUT2D eigenvalue weighted by Gasteiger charge is 2.35. The normalized spacial score (nSPS) is 20.6. The smallest absolute Gasteiger partial charge is 0.141 e. The van der Waals surface area contributed by atoms with Crippen LogP contribution in [0.3, 0.4) is 0 Å². The van der Waals surface area contributed by atoms with Crippen molar-refractivity contribution < 1.29 is 0 Å². The van der Waals surface area contributed by atoms with E-state index in [1.807, 2.05) is 4.68 Å². The number of nitrogens with two attached hydrogens (primary N) is 1. The predicted octanol–water partition coefficient (Wildman–Crippen LogP) is 0.392. The summed E-state index contributed by atoms with van der Waals surface area (Å²) in [6, 6.07) is 0.369. The van der Waals surface area contributed by atoms with E-state index in [4.69, 9.17) is 5.73 Å². The lowest BCUT2D eigenvalue weighted by Gasteiger charge is -2.45. The molecule has 0 unspecified atom stereocenters. The third-order valence-electron chi connectivity index (χ3n) is 2.67. The molecule has 0 aromatic carbocycles. The molecule has 2 N–H and O–H groups in total. The van der Waals surface area contributed by atoms with Gasteiger partial charge in [0.05, 0.1) is 6.54 Å². The van der Waals surface area contributed by atoms with Gasteiger partial charge < -0.3 is 5.73 Å². The van der Waals surface area contributed by atoms with Crippen LogP contribution in [0.25, 0.3) is 0 Å². The van der Waals surface area contributed by atoms with E-state index >= 15 is 0 Å². The van der Waals surface area contributed by atoms with Crippen molar-refractivity contribution in [2.45, 2.75) is 38.9 Å². The third-order valence-corrected chi connectivity index (χ3v) is 2.67. The van der Waals surface area contributed by atoms with Crippen LogP contribution in [-0.4, -0.2) is 38.3 Å². The summed E-state index contributed by atoms with van der Waals surface area (Å²) in [6.07, 6.45) is 1.62. The maximum absolute atomic E-state index is 5.95. The summed E-state index contributed by atoms with van der Waals surface area (Å²) >= 11 is 0. The Hall–Kier alpha value is -0.940. The average Bonchev–Trinajstić information content (AvgIpc) is 2.48. The molecule has 1 saturated heterocycles. The van der Waals surface area contributed by atoms with Crippen LogP contribution < -0.4 is 5.73 Å². The highest BCUT2D eigenvalue weighted by Crippen LogP contribution is 2.19. The Morgan fingerprint density at radius 1 is 1.53 bits per heavy atom. The molecule has 0 amide bonds. The second kappa shape index (κ2) is 3.57. The van der Waals surface area contributed by atoms with Crippen molar-refractivity contribution in [2.75, 3.05) is 13.1 Å². The number of aromatic nitrogens is 3. The van der Waals surface area contributed by atoms with Gasteiger partial charge in [0.2, 0.25) is 0 Å². The largest absolute Gasteiger partial charge is 0.323 e.